The molecule has 0 amide bonds. The first kappa shape index (κ1) is 19.0. The van der Waals surface area contributed by atoms with Gasteiger partial charge in [0.05, 0.1) is 6.10 Å². The van der Waals surface area contributed by atoms with Crippen LogP contribution in [0.5, 0.6) is 0 Å². The lowest BCUT2D eigenvalue weighted by Gasteiger charge is -2.59. The van der Waals surface area contributed by atoms with Crippen LogP contribution >= 0.6 is 0 Å². The maximum absolute atomic E-state index is 15.2. The van der Waals surface area contributed by atoms with Crippen LogP contribution in [-0.4, -0.2) is 40.7 Å². The zero-order valence-electron chi connectivity index (χ0n) is 16.2. The number of allylic oxidation sites excluding steroid dienone is 4. The van der Waals surface area contributed by atoms with Crippen LogP contribution in [-0.2, 0) is 9.59 Å². The van der Waals surface area contributed by atoms with E-state index < -0.39 is 29.7 Å². The second kappa shape index (κ2) is 6.08. The maximum atomic E-state index is 15.2. The number of hydrogen-bond acceptors (Lipinski definition) is 4. The lowest BCUT2D eigenvalue weighted by atomic mass is 9.46. The van der Waals surface area contributed by atoms with Crippen molar-refractivity contribution >= 4 is 11.6 Å². The summed E-state index contributed by atoms with van der Waals surface area (Å²) >= 11 is 0. The number of ketones is 2. The Morgan fingerprint density at radius 3 is 2.70 bits per heavy atom. The third-order valence-corrected chi connectivity index (χ3v) is 8.32. The second-order valence-corrected chi connectivity index (χ2v) is 9.71. The summed E-state index contributed by atoms with van der Waals surface area (Å²) in [4.78, 5) is 24.3. The quantitative estimate of drug-likeness (QED) is 0.777. The van der Waals surface area contributed by atoms with Gasteiger partial charge in [-0.25, -0.2) is 4.39 Å². The molecular formula is C22H29FO4. The number of carbonyl (C=O) groups excluding carboxylic acids is 2. The molecule has 0 spiro atoms. The van der Waals surface area contributed by atoms with Gasteiger partial charge in [0.25, 0.3) is 0 Å². The second-order valence-electron chi connectivity index (χ2n) is 9.71. The highest BCUT2D eigenvalue weighted by Crippen LogP contribution is 2.67. The molecule has 0 saturated heterocycles. The van der Waals surface area contributed by atoms with Gasteiger partial charge in [-0.05, 0) is 60.2 Å². The Labute approximate surface area is 159 Å². The molecule has 0 aromatic heterocycles. The average Bonchev–Trinajstić information content (AvgIpc) is 2.85. The summed E-state index contributed by atoms with van der Waals surface area (Å²) in [5.74, 6) is -0.626. The van der Waals surface area contributed by atoms with E-state index in [-0.39, 0.29) is 47.6 Å². The molecule has 0 heterocycles. The number of alkyl halides is 1. The zero-order valence-corrected chi connectivity index (χ0v) is 16.2. The maximum Gasteiger partial charge on any atom is 0.178 e. The Morgan fingerprint density at radius 2 is 2.04 bits per heavy atom. The predicted octanol–water partition coefficient (Wildman–Crippen LogP) is 2.64. The van der Waals surface area contributed by atoms with Gasteiger partial charge in [-0.15, -0.1) is 0 Å². The largest absolute Gasteiger partial charge is 0.393 e. The summed E-state index contributed by atoms with van der Waals surface area (Å²) in [7, 11) is 0. The fourth-order valence-electron chi connectivity index (χ4n) is 7.49. The van der Waals surface area contributed by atoms with Crippen LogP contribution in [0.2, 0.25) is 0 Å². The summed E-state index contributed by atoms with van der Waals surface area (Å²) in [6.45, 7) is 5.53. The molecule has 4 nitrogen and oxygen atoms in total. The van der Waals surface area contributed by atoms with E-state index in [1.54, 1.807) is 6.08 Å². The number of aliphatic hydroxyl groups excluding tert-OH is 2. The van der Waals surface area contributed by atoms with Crippen LogP contribution in [0.1, 0.15) is 40.0 Å². The Morgan fingerprint density at radius 1 is 1.33 bits per heavy atom. The Bertz CT molecular complexity index is 743. The Hall–Kier alpha value is -1.33. The minimum Gasteiger partial charge on any atom is -0.393 e. The van der Waals surface area contributed by atoms with Gasteiger partial charge in [0, 0.05) is 17.3 Å². The van der Waals surface area contributed by atoms with Crippen LogP contribution in [0.4, 0.5) is 4.39 Å². The molecule has 0 radical (unpaired) electrons. The van der Waals surface area contributed by atoms with E-state index in [4.69, 9.17) is 0 Å². The van der Waals surface area contributed by atoms with Gasteiger partial charge in [-0.2, -0.15) is 0 Å². The smallest absolute Gasteiger partial charge is 0.178 e. The molecule has 4 aliphatic rings. The van der Waals surface area contributed by atoms with E-state index in [9.17, 15) is 19.8 Å². The SMILES string of the molecule is C[C@@H]1CC2C3C[C@H](F)C4=CC(=O)C=C[C@]4(C)C3C(O)C[C@]2(C)[C@H]1C(=O)CO. The number of halogens is 1. The van der Waals surface area contributed by atoms with E-state index in [1.807, 2.05) is 20.8 Å². The number of rotatable bonds is 2. The Balaban J connectivity index is 1.77. The monoisotopic (exact) mass is 376 g/mol. The van der Waals surface area contributed by atoms with E-state index >= 15 is 4.39 Å². The molecule has 0 bridgehead atoms. The molecule has 0 aliphatic heterocycles. The lowest BCUT2D eigenvalue weighted by Crippen LogP contribution is -2.58. The van der Waals surface area contributed by atoms with Crippen molar-refractivity contribution in [3.05, 3.63) is 23.8 Å². The molecule has 4 aliphatic carbocycles. The van der Waals surface area contributed by atoms with E-state index in [0.717, 1.165) is 6.42 Å². The van der Waals surface area contributed by atoms with E-state index in [1.165, 1.54) is 12.2 Å². The van der Waals surface area contributed by atoms with Gasteiger partial charge in [0.1, 0.15) is 12.8 Å². The lowest BCUT2D eigenvalue weighted by molar-refractivity contribution is -0.144. The standard InChI is InChI=1S/C22H29FO4/c1-11-6-14-13-8-16(23)15-7-12(25)4-5-21(15,2)20(13)17(26)9-22(14,3)19(11)18(27)10-24/h4-5,7,11,13-14,16-17,19-20,24,26H,6,8-10H2,1-3H3/t11-,13?,14?,16+,17?,19-,20?,21+,22+/m1/s1. The summed E-state index contributed by atoms with van der Waals surface area (Å²) in [6, 6.07) is 0. The van der Waals surface area contributed by atoms with Crippen LogP contribution in [0.15, 0.2) is 23.8 Å². The van der Waals surface area contributed by atoms with Gasteiger partial charge in [0.2, 0.25) is 0 Å². The number of hydrogen-bond donors (Lipinski definition) is 2. The molecule has 9 atom stereocenters. The van der Waals surface area contributed by atoms with Crippen molar-refractivity contribution in [2.24, 2.45) is 40.4 Å². The van der Waals surface area contributed by atoms with Gasteiger partial charge < -0.3 is 10.2 Å². The fourth-order valence-corrected chi connectivity index (χ4v) is 7.49. The average molecular weight is 376 g/mol. The van der Waals surface area contributed by atoms with Crippen molar-refractivity contribution in [1.29, 1.82) is 0 Å². The topological polar surface area (TPSA) is 74.6 Å². The van der Waals surface area contributed by atoms with Gasteiger partial charge >= 0.3 is 0 Å². The van der Waals surface area contributed by atoms with Crippen LogP contribution in [0.3, 0.4) is 0 Å². The molecular weight excluding hydrogens is 347 g/mol. The first-order chi connectivity index (χ1) is 12.6. The van der Waals surface area contributed by atoms with Crippen molar-refractivity contribution in [3.8, 4) is 0 Å². The molecule has 27 heavy (non-hydrogen) atoms. The van der Waals surface area contributed by atoms with Crippen LogP contribution < -0.4 is 0 Å². The molecule has 148 valence electrons. The van der Waals surface area contributed by atoms with E-state index in [0.29, 0.717) is 12.0 Å². The highest BCUT2D eigenvalue weighted by molar-refractivity contribution is 6.01. The van der Waals surface area contributed by atoms with Crippen LogP contribution in [0, 0.1) is 40.4 Å². The first-order valence-electron chi connectivity index (χ1n) is 10.0. The number of fused-ring (bicyclic) bond motifs is 5. The van der Waals surface area contributed by atoms with Crippen molar-refractivity contribution in [1.82, 2.24) is 0 Å². The summed E-state index contributed by atoms with van der Waals surface area (Å²) in [5, 5.41) is 20.6. The van der Waals surface area contributed by atoms with Crippen LogP contribution in [0.25, 0.3) is 0 Å². The number of Topliss-reactive ketones (excluding diaryl/α,β-unsaturated/α-hetero) is 1. The highest BCUT2D eigenvalue weighted by Gasteiger charge is 2.65. The molecule has 0 aromatic carbocycles. The minimum atomic E-state index is -1.21. The number of carbonyl (C=O) groups is 2. The third-order valence-electron chi connectivity index (χ3n) is 8.32. The molecule has 5 heteroatoms. The van der Waals surface area contributed by atoms with Crippen molar-refractivity contribution in [2.75, 3.05) is 6.61 Å². The summed E-state index contributed by atoms with van der Waals surface area (Å²) in [6.07, 6.45) is 4.39. The highest BCUT2D eigenvalue weighted by atomic mass is 19.1. The van der Waals surface area contributed by atoms with Crippen molar-refractivity contribution in [2.45, 2.75) is 52.3 Å². The molecule has 4 rings (SSSR count). The summed E-state index contributed by atoms with van der Waals surface area (Å²) < 4.78 is 15.2. The summed E-state index contributed by atoms with van der Waals surface area (Å²) in [5.41, 5.74) is -0.599. The van der Waals surface area contributed by atoms with Gasteiger partial charge in [-0.3, -0.25) is 9.59 Å². The minimum absolute atomic E-state index is 0.0484. The third kappa shape index (κ3) is 2.47. The molecule has 3 saturated carbocycles. The fraction of sp³-hybridized carbons (Fsp3) is 0.727. The first-order valence-corrected chi connectivity index (χ1v) is 10.0. The number of aliphatic hydroxyl groups is 2. The molecule has 0 aromatic rings. The zero-order chi connectivity index (χ0) is 19.7. The Kier molecular flexibility index (Phi) is 4.28. The van der Waals surface area contributed by atoms with Gasteiger partial charge in [-0.1, -0.05) is 26.8 Å². The van der Waals surface area contributed by atoms with Gasteiger partial charge in [0.15, 0.2) is 11.6 Å². The predicted molar refractivity (Wildman–Crippen MR) is 98.4 cm³/mol. The van der Waals surface area contributed by atoms with Crippen molar-refractivity contribution < 1.29 is 24.2 Å². The molecule has 2 N–H and O–H groups in total. The van der Waals surface area contributed by atoms with Crippen molar-refractivity contribution in [3.63, 3.8) is 0 Å². The normalized spacial score (nSPS) is 51.3. The molecule has 3 fully saturated rings. The van der Waals surface area contributed by atoms with E-state index in [2.05, 4.69) is 0 Å². The molecule has 4 unspecified atom stereocenters.